The van der Waals surface area contributed by atoms with Crippen LogP contribution in [-0.2, 0) is 24.3 Å². The second kappa shape index (κ2) is 6.95. The van der Waals surface area contributed by atoms with E-state index in [0.717, 1.165) is 23.3 Å². The quantitative estimate of drug-likeness (QED) is 0.887. The number of hydrogen-bond donors (Lipinski definition) is 2. The van der Waals surface area contributed by atoms with E-state index in [0.29, 0.717) is 12.1 Å². The zero-order chi connectivity index (χ0) is 15.2. The van der Waals surface area contributed by atoms with Crippen molar-refractivity contribution in [2.75, 3.05) is 0 Å². The third-order valence-electron chi connectivity index (χ3n) is 3.16. The van der Waals surface area contributed by atoms with Gasteiger partial charge in [0.2, 0.25) is 5.91 Å². The second-order valence-corrected chi connectivity index (χ2v) is 4.67. The molecule has 0 aromatic heterocycles. The molecule has 0 saturated carbocycles. The molecule has 0 spiro atoms. The van der Waals surface area contributed by atoms with Gasteiger partial charge in [0.05, 0.1) is 6.42 Å². The minimum absolute atomic E-state index is 0.154. The molecule has 3 N–H and O–H groups in total. The van der Waals surface area contributed by atoms with E-state index in [-0.39, 0.29) is 18.9 Å². The van der Waals surface area contributed by atoms with E-state index in [1.807, 2.05) is 24.3 Å². The van der Waals surface area contributed by atoms with Crippen LogP contribution in [-0.4, -0.2) is 5.91 Å². The fourth-order valence-corrected chi connectivity index (χ4v) is 2.01. The Labute approximate surface area is 121 Å². The maximum Gasteiger partial charge on any atom is 0.224 e. The molecule has 0 saturated heterocycles. The molecule has 0 aliphatic rings. The van der Waals surface area contributed by atoms with Crippen LogP contribution in [0.15, 0.2) is 42.5 Å². The predicted octanol–water partition coefficient (Wildman–Crippen LogP) is 2.28. The van der Waals surface area contributed by atoms with E-state index >= 15 is 0 Å². The van der Waals surface area contributed by atoms with Gasteiger partial charge in [-0.3, -0.25) is 4.79 Å². The van der Waals surface area contributed by atoms with Gasteiger partial charge in [-0.15, -0.1) is 0 Å². The van der Waals surface area contributed by atoms with Crippen LogP contribution in [0, 0.1) is 11.6 Å². The summed E-state index contributed by atoms with van der Waals surface area (Å²) in [4.78, 5) is 11.9. The van der Waals surface area contributed by atoms with Crippen molar-refractivity contribution in [2.24, 2.45) is 5.73 Å². The largest absolute Gasteiger partial charge is 0.352 e. The van der Waals surface area contributed by atoms with Gasteiger partial charge in [-0.2, -0.15) is 0 Å². The topological polar surface area (TPSA) is 55.1 Å². The summed E-state index contributed by atoms with van der Waals surface area (Å²) >= 11 is 0. The summed E-state index contributed by atoms with van der Waals surface area (Å²) in [5.74, 6) is -2.02. The molecule has 5 heteroatoms. The molecule has 2 aromatic rings. The minimum Gasteiger partial charge on any atom is -0.352 e. The van der Waals surface area contributed by atoms with Crippen LogP contribution in [0.4, 0.5) is 8.78 Å². The van der Waals surface area contributed by atoms with Crippen LogP contribution in [0.5, 0.6) is 0 Å². The molecule has 1 amide bonds. The van der Waals surface area contributed by atoms with E-state index in [4.69, 9.17) is 5.73 Å². The maximum absolute atomic E-state index is 13.0. The smallest absolute Gasteiger partial charge is 0.224 e. The lowest BCUT2D eigenvalue weighted by Crippen LogP contribution is -2.25. The van der Waals surface area contributed by atoms with Crippen LogP contribution in [0.3, 0.4) is 0 Å². The predicted molar refractivity (Wildman–Crippen MR) is 76.2 cm³/mol. The Morgan fingerprint density at radius 3 is 2.43 bits per heavy atom. The lowest BCUT2D eigenvalue weighted by atomic mass is 10.0. The Balaban J connectivity index is 1.94. The Morgan fingerprint density at radius 2 is 1.76 bits per heavy atom. The fourth-order valence-electron chi connectivity index (χ4n) is 2.01. The monoisotopic (exact) mass is 290 g/mol. The van der Waals surface area contributed by atoms with E-state index in [1.165, 1.54) is 6.07 Å². The van der Waals surface area contributed by atoms with Crippen molar-refractivity contribution >= 4 is 5.91 Å². The SMILES string of the molecule is NCc1ccccc1CC(=O)NCc1ccc(F)c(F)c1. The highest BCUT2D eigenvalue weighted by atomic mass is 19.2. The second-order valence-electron chi connectivity index (χ2n) is 4.67. The van der Waals surface area contributed by atoms with Gasteiger partial charge < -0.3 is 11.1 Å². The van der Waals surface area contributed by atoms with Crippen molar-refractivity contribution in [3.05, 3.63) is 70.8 Å². The summed E-state index contributed by atoms with van der Waals surface area (Å²) in [6.45, 7) is 0.521. The lowest BCUT2D eigenvalue weighted by molar-refractivity contribution is -0.120. The van der Waals surface area contributed by atoms with E-state index in [2.05, 4.69) is 5.32 Å². The van der Waals surface area contributed by atoms with Gasteiger partial charge in [0.15, 0.2) is 11.6 Å². The van der Waals surface area contributed by atoms with Gasteiger partial charge in [-0.05, 0) is 28.8 Å². The molecular weight excluding hydrogens is 274 g/mol. The molecule has 0 fully saturated rings. The van der Waals surface area contributed by atoms with Crippen molar-refractivity contribution in [3.63, 3.8) is 0 Å². The average Bonchev–Trinajstić information content (AvgIpc) is 2.49. The summed E-state index contributed by atoms with van der Waals surface area (Å²) in [5, 5.41) is 2.68. The summed E-state index contributed by atoms with van der Waals surface area (Å²) in [5.41, 5.74) is 7.90. The number of carbonyl (C=O) groups is 1. The van der Waals surface area contributed by atoms with Gasteiger partial charge >= 0.3 is 0 Å². The Hall–Kier alpha value is -2.27. The third kappa shape index (κ3) is 4.10. The van der Waals surface area contributed by atoms with Gasteiger partial charge in [0.25, 0.3) is 0 Å². The normalized spacial score (nSPS) is 10.4. The summed E-state index contributed by atoms with van der Waals surface area (Å²) in [6, 6.07) is 11.0. The molecule has 110 valence electrons. The molecule has 0 heterocycles. The summed E-state index contributed by atoms with van der Waals surface area (Å²) in [6.07, 6.45) is 0.205. The van der Waals surface area contributed by atoms with Gasteiger partial charge in [-0.25, -0.2) is 8.78 Å². The highest BCUT2D eigenvalue weighted by Crippen LogP contribution is 2.10. The molecule has 3 nitrogen and oxygen atoms in total. The van der Waals surface area contributed by atoms with Gasteiger partial charge in [0, 0.05) is 13.1 Å². The van der Waals surface area contributed by atoms with Crippen LogP contribution in [0.1, 0.15) is 16.7 Å². The zero-order valence-electron chi connectivity index (χ0n) is 11.4. The summed E-state index contributed by atoms with van der Waals surface area (Å²) in [7, 11) is 0. The minimum atomic E-state index is -0.921. The van der Waals surface area contributed by atoms with Crippen LogP contribution >= 0.6 is 0 Å². The standard InChI is InChI=1S/C16H16F2N2O/c17-14-6-5-11(7-15(14)18)10-20-16(21)8-12-3-1-2-4-13(12)9-19/h1-7H,8-10,19H2,(H,20,21). The maximum atomic E-state index is 13.0. The van der Waals surface area contributed by atoms with Crippen LogP contribution < -0.4 is 11.1 Å². The average molecular weight is 290 g/mol. The molecule has 0 atom stereocenters. The number of halogens is 2. The van der Waals surface area contributed by atoms with E-state index in [1.54, 1.807) is 0 Å². The van der Waals surface area contributed by atoms with Gasteiger partial charge in [-0.1, -0.05) is 30.3 Å². The van der Waals surface area contributed by atoms with Crippen LogP contribution in [0.25, 0.3) is 0 Å². The molecular formula is C16H16F2N2O. The molecule has 0 aliphatic carbocycles. The number of carbonyl (C=O) groups excluding carboxylic acids is 1. The third-order valence-corrected chi connectivity index (χ3v) is 3.16. The van der Waals surface area contributed by atoms with Crippen molar-refractivity contribution < 1.29 is 13.6 Å². The molecule has 2 aromatic carbocycles. The van der Waals surface area contributed by atoms with Crippen molar-refractivity contribution in [1.82, 2.24) is 5.32 Å². The Morgan fingerprint density at radius 1 is 1.05 bits per heavy atom. The van der Waals surface area contributed by atoms with Crippen LogP contribution in [0.2, 0.25) is 0 Å². The zero-order valence-corrected chi connectivity index (χ0v) is 11.4. The highest BCUT2D eigenvalue weighted by Gasteiger charge is 2.08. The fraction of sp³-hybridized carbons (Fsp3) is 0.188. The highest BCUT2D eigenvalue weighted by molar-refractivity contribution is 5.78. The van der Waals surface area contributed by atoms with Gasteiger partial charge in [0.1, 0.15) is 0 Å². The first kappa shape index (κ1) is 15.1. The summed E-state index contributed by atoms with van der Waals surface area (Å²) < 4.78 is 25.8. The van der Waals surface area contributed by atoms with Crippen molar-refractivity contribution in [2.45, 2.75) is 19.5 Å². The van der Waals surface area contributed by atoms with E-state index < -0.39 is 11.6 Å². The number of rotatable bonds is 5. The van der Waals surface area contributed by atoms with E-state index in [9.17, 15) is 13.6 Å². The number of amides is 1. The molecule has 0 bridgehead atoms. The molecule has 0 aliphatic heterocycles. The number of benzene rings is 2. The van der Waals surface area contributed by atoms with Crippen molar-refractivity contribution in [1.29, 1.82) is 0 Å². The molecule has 0 unspecified atom stereocenters. The molecule has 21 heavy (non-hydrogen) atoms. The lowest BCUT2D eigenvalue weighted by Gasteiger charge is -2.09. The first-order valence-corrected chi connectivity index (χ1v) is 6.57. The number of nitrogens with two attached hydrogens (primary N) is 1. The number of nitrogens with one attached hydrogen (secondary N) is 1. The first-order valence-electron chi connectivity index (χ1n) is 6.57. The molecule has 0 radical (unpaired) electrons. The molecule has 2 rings (SSSR count). The first-order chi connectivity index (χ1) is 10.1. The number of hydrogen-bond acceptors (Lipinski definition) is 2. The Kier molecular flexibility index (Phi) is 5.00. The Bertz CT molecular complexity index is 644. The van der Waals surface area contributed by atoms with Crippen molar-refractivity contribution in [3.8, 4) is 0 Å².